The Balaban J connectivity index is 1.14. The highest BCUT2D eigenvalue weighted by Gasteiger charge is 2.18. The Morgan fingerprint density at radius 2 is 1.02 bits per heavy atom. The summed E-state index contributed by atoms with van der Waals surface area (Å²) in [5, 5.41) is 3.89. The molecule has 1 aliphatic rings. The van der Waals surface area contributed by atoms with Gasteiger partial charge in [-0.05, 0) is 84.1 Å². The van der Waals surface area contributed by atoms with Gasteiger partial charge in [-0.1, -0.05) is 84.9 Å². The highest BCUT2D eigenvalue weighted by Crippen LogP contribution is 2.36. The lowest BCUT2D eigenvalue weighted by Crippen LogP contribution is -2.00. The van der Waals surface area contributed by atoms with Gasteiger partial charge in [0.15, 0.2) is 0 Å². The van der Waals surface area contributed by atoms with Crippen molar-refractivity contribution in [3.63, 3.8) is 0 Å². The Morgan fingerprint density at radius 3 is 1.66 bits per heavy atom. The van der Waals surface area contributed by atoms with Crippen LogP contribution in [0.15, 0.2) is 146 Å². The molecule has 0 saturated heterocycles. The van der Waals surface area contributed by atoms with Crippen LogP contribution in [0.4, 0.5) is 0 Å². The van der Waals surface area contributed by atoms with E-state index in [-0.39, 0.29) is 0 Å². The van der Waals surface area contributed by atoms with Crippen molar-refractivity contribution < 1.29 is 0 Å². The fourth-order valence-electron chi connectivity index (χ4n) is 7.07. The van der Waals surface area contributed by atoms with E-state index in [4.69, 9.17) is 4.98 Å². The molecule has 0 spiro atoms. The lowest BCUT2D eigenvalue weighted by atomic mass is 10.0. The summed E-state index contributed by atoms with van der Waals surface area (Å²) in [6.07, 6.45) is 10.7. The molecule has 0 aliphatic heterocycles. The molecule has 9 rings (SSSR count). The maximum absolute atomic E-state index is 4.72. The average Bonchev–Trinajstić information content (AvgIpc) is 3.62. The quantitative estimate of drug-likeness (QED) is 0.209. The van der Waals surface area contributed by atoms with Gasteiger partial charge in [0.05, 0.1) is 16.6 Å². The van der Waals surface area contributed by atoms with E-state index in [0.29, 0.717) is 0 Å². The highest BCUT2D eigenvalue weighted by atomic mass is 15.0. The van der Waals surface area contributed by atoms with E-state index in [9.17, 15) is 0 Å². The molecule has 3 aromatic heterocycles. The monoisotopic (exact) mass is 563 g/mol. The number of aryl methyl sites for hydroxylation is 1. The molecule has 0 unspecified atom stereocenters. The van der Waals surface area contributed by atoms with Gasteiger partial charge in [-0.25, -0.2) is 0 Å². The third-order valence-corrected chi connectivity index (χ3v) is 9.05. The van der Waals surface area contributed by atoms with E-state index in [1.54, 1.807) is 0 Å². The molecule has 5 aromatic carbocycles. The van der Waals surface area contributed by atoms with Gasteiger partial charge in [-0.3, -0.25) is 4.98 Å². The Hall–Kier alpha value is -5.67. The van der Waals surface area contributed by atoms with Crippen molar-refractivity contribution >= 4 is 38.8 Å². The van der Waals surface area contributed by atoms with Gasteiger partial charge in [0.2, 0.25) is 0 Å². The summed E-state index contributed by atoms with van der Waals surface area (Å²) >= 11 is 0. The molecular weight excluding hydrogens is 534 g/mol. The summed E-state index contributed by atoms with van der Waals surface area (Å²) in [4.78, 5) is 4.72. The molecule has 3 heterocycles. The largest absolute Gasteiger partial charge is 0.310 e. The minimum Gasteiger partial charge on any atom is -0.310 e. The zero-order valence-electron chi connectivity index (χ0n) is 24.2. The number of nitrogens with zero attached hydrogens (tertiary/aromatic N) is 3. The first-order valence-corrected chi connectivity index (χ1v) is 15.3. The van der Waals surface area contributed by atoms with Gasteiger partial charge in [0.1, 0.15) is 0 Å². The molecule has 0 atom stereocenters. The Bertz CT molecular complexity index is 2350. The van der Waals surface area contributed by atoms with Crippen LogP contribution in [-0.2, 0) is 6.42 Å². The standard InChI is InChI=1S/C41H29N3/c1-5-19-38-34(15-1)35-16-2-6-20-39(35)43(38)32-13-9-11-28(24-32)30-23-31(27-42-26-30)29-12-10-14-33(25-29)44-40-21-7-3-17-36(40)37-18-4-8-22-41(37)44/h1-3,5-17,19-27H,4,18H2. The van der Waals surface area contributed by atoms with E-state index in [2.05, 4.69) is 149 Å². The lowest BCUT2D eigenvalue weighted by Gasteiger charge is -2.14. The van der Waals surface area contributed by atoms with Crippen molar-refractivity contribution in [1.29, 1.82) is 0 Å². The van der Waals surface area contributed by atoms with Gasteiger partial charge in [0.25, 0.3) is 0 Å². The number of aromatic nitrogens is 3. The van der Waals surface area contributed by atoms with Crippen LogP contribution in [0.25, 0.3) is 72.4 Å². The first-order valence-electron chi connectivity index (χ1n) is 15.3. The molecule has 0 radical (unpaired) electrons. The first-order chi connectivity index (χ1) is 21.8. The minimum atomic E-state index is 1.08. The summed E-state index contributed by atoms with van der Waals surface area (Å²) in [6, 6.07) is 46.0. The van der Waals surface area contributed by atoms with Gasteiger partial charge in [-0.2, -0.15) is 0 Å². The molecule has 208 valence electrons. The molecule has 0 saturated carbocycles. The molecule has 0 fully saturated rings. The summed E-state index contributed by atoms with van der Waals surface area (Å²) in [5.74, 6) is 0. The van der Waals surface area contributed by atoms with Crippen LogP contribution in [0.3, 0.4) is 0 Å². The number of hydrogen-bond donors (Lipinski definition) is 0. The average molecular weight is 564 g/mol. The third-order valence-electron chi connectivity index (χ3n) is 9.05. The second-order valence-electron chi connectivity index (χ2n) is 11.6. The van der Waals surface area contributed by atoms with E-state index < -0.39 is 0 Å². The zero-order valence-corrected chi connectivity index (χ0v) is 24.2. The second-order valence-corrected chi connectivity index (χ2v) is 11.6. The third kappa shape index (κ3) is 3.86. The SMILES string of the molecule is C1=Cc2c(c3ccccc3n2-c2cccc(-c3cncc(-c4cccc(-n5c6ccccc6c6ccccc65)c4)c3)c2)CC1. The van der Waals surface area contributed by atoms with Crippen molar-refractivity contribution in [3.05, 3.63) is 157 Å². The summed E-state index contributed by atoms with van der Waals surface area (Å²) < 4.78 is 4.78. The van der Waals surface area contributed by atoms with Crippen molar-refractivity contribution in [2.24, 2.45) is 0 Å². The van der Waals surface area contributed by atoms with Crippen LogP contribution in [0.2, 0.25) is 0 Å². The molecule has 3 heteroatoms. The molecule has 1 aliphatic carbocycles. The Labute approximate surface area is 256 Å². The first kappa shape index (κ1) is 24.9. The van der Waals surface area contributed by atoms with Gasteiger partial charge in [-0.15, -0.1) is 0 Å². The van der Waals surface area contributed by atoms with Crippen LogP contribution in [0.5, 0.6) is 0 Å². The van der Waals surface area contributed by atoms with Crippen molar-refractivity contribution in [2.75, 3.05) is 0 Å². The number of hydrogen-bond acceptors (Lipinski definition) is 1. The fourth-order valence-corrected chi connectivity index (χ4v) is 7.07. The van der Waals surface area contributed by atoms with E-state index >= 15 is 0 Å². The second kappa shape index (κ2) is 9.96. The maximum Gasteiger partial charge on any atom is 0.0541 e. The topological polar surface area (TPSA) is 22.8 Å². The molecule has 0 amide bonds. The number of para-hydroxylation sites is 3. The number of allylic oxidation sites excluding steroid dienone is 1. The van der Waals surface area contributed by atoms with Crippen LogP contribution in [0.1, 0.15) is 17.7 Å². The van der Waals surface area contributed by atoms with Crippen LogP contribution < -0.4 is 0 Å². The summed E-state index contributed by atoms with van der Waals surface area (Å²) in [6.45, 7) is 0. The number of rotatable bonds is 4. The van der Waals surface area contributed by atoms with Crippen LogP contribution in [0, 0.1) is 0 Å². The van der Waals surface area contributed by atoms with Gasteiger partial charge >= 0.3 is 0 Å². The van der Waals surface area contributed by atoms with E-state index in [0.717, 1.165) is 40.8 Å². The smallest absolute Gasteiger partial charge is 0.0541 e. The Kier molecular flexibility index (Phi) is 5.63. The van der Waals surface area contributed by atoms with Crippen molar-refractivity contribution in [2.45, 2.75) is 12.8 Å². The van der Waals surface area contributed by atoms with Crippen LogP contribution in [-0.4, -0.2) is 14.1 Å². The lowest BCUT2D eigenvalue weighted by molar-refractivity contribution is 0.968. The summed E-state index contributed by atoms with van der Waals surface area (Å²) in [5.41, 5.74) is 13.2. The Morgan fingerprint density at radius 1 is 0.477 bits per heavy atom. The number of fused-ring (bicyclic) bond motifs is 6. The predicted molar refractivity (Wildman–Crippen MR) is 184 cm³/mol. The molecule has 3 nitrogen and oxygen atoms in total. The number of benzene rings is 5. The maximum atomic E-state index is 4.72. The van der Waals surface area contributed by atoms with Crippen LogP contribution >= 0.6 is 0 Å². The predicted octanol–water partition coefficient (Wildman–Crippen LogP) is 10.4. The molecule has 8 aromatic rings. The molecule has 0 bridgehead atoms. The summed E-state index contributed by atoms with van der Waals surface area (Å²) in [7, 11) is 0. The van der Waals surface area contributed by atoms with Crippen molar-refractivity contribution in [1.82, 2.24) is 14.1 Å². The fraction of sp³-hybridized carbons (Fsp3) is 0.0488. The molecule has 44 heavy (non-hydrogen) atoms. The molecular formula is C41H29N3. The van der Waals surface area contributed by atoms with Gasteiger partial charge in [0, 0.05) is 56.7 Å². The number of pyridine rings is 1. The van der Waals surface area contributed by atoms with Crippen molar-refractivity contribution in [3.8, 4) is 33.6 Å². The molecule has 0 N–H and O–H groups in total. The van der Waals surface area contributed by atoms with E-state index in [1.807, 2.05) is 12.4 Å². The minimum absolute atomic E-state index is 1.08. The van der Waals surface area contributed by atoms with E-state index in [1.165, 1.54) is 49.7 Å². The highest BCUT2D eigenvalue weighted by molar-refractivity contribution is 6.09. The van der Waals surface area contributed by atoms with Gasteiger partial charge < -0.3 is 9.13 Å². The normalized spacial score (nSPS) is 12.7. The zero-order chi connectivity index (χ0) is 29.0.